The van der Waals surface area contributed by atoms with E-state index in [1.807, 2.05) is 37.3 Å². The number of amides is 2. The largest absolute Gasteiger partial charge is 0.327 e. The molecule has 0 atom stereocenters. The molecule has 1 aromatic carbocycles. The van der Waals surface area contributed by atoms with Gasteiger partial charge in [0.25, 0.3) is 11.5 Å². The van der Waals surface area contributed by atoms with Crippen molar-refractivity contribution in [1.82, 2.24) is 9.88 Å². The van der Waals surface area contributed by atoms with Crippen LogP contribution in [0, 0.1) is 20.8 Å². The maximum Gasteiger partial charge on any atom is 0.261 e. The Kier molecular flexibility index (Phi) is 4.44. The first-order chi connectivity index (χ1) is 11.9. The summed E-state index contributed by atoms with van der Waals surface area (Å²) in [6.45, 7) is 6.23. The predicted molar refractivity (Wildman–Crippen MR) is 96.0 cm³/mol. The number of aromatic amines is 1. The molecule has 1 saturated heterocycles. The molecular weight excluding hydrogens is 318 g/mol. The van der Waals surface area contributed by atoms with Crippen molar-refractivity contribution in [1.29, 1.82) is 0 Å². The maximum absolute atomic E-state index is 12.8. The maximum atomic E-state index is 12.8. The summed E-state index contributed by atoms with van der Waals surface area (Å²) in [6.07, 6.45) is 0. The number of nitrogens with zero attached hydrogens (tertiary/aromatic N) is 2. The van der Waals surface area contributed by atoms with Crippen LogP contribution in [-0.4, -0.2) is 41.3 Å². The first-order valence-electron chi connectivity index (χ1n) is 8.25. The highest BCUT2D eigenvalue weighted by Crippen LogP contribution is 2.19. The normalized spacial score (nSPS) is 14.8. The topological polar surface area (TPSA) is 73.5 Å². The lowest BCUT2D eigenvalue weighted by atomic mass is 10.0. The van der Waals surface area contributed by atoms with Gasteiger partial charge in [-0.15, -0.1) is 0 Å². The molecule has 0 aliphatic carbocycles. The van der Waals surface area contributed by atoms with Crippen molar-refractivity contribution >= 4 is 17.5 Å². The Hall–Kier alpha value is -2.89. The second-order valence-electron chi connectivity index (χ2n) is 6.31. The number of nitrogens with one attached hydrogen (secondary N) is 1. The van der Waals surface area contributed by atoms with Gasteiger partial charge >= 0.3 is 0 Å². The molecule has 25 heavy (non-hydrogen) atoms. The molecule has 1 N–H and O–H groups in total. The number of aromatic nitrogens is 1. The Morgan fingerprint density at radius 3 is 2.32 bits per heavy atom. The minimum absolute atomic E-state index is 0.0282. The van der Waals surface area contributed by atoms with Crippen LogP contribution in [0.15, 0.2) is 35.1 Å². The number of para-hydroxylation sites is 1. The summed E-state index contributed by atoms with van der Waals surface area (Å²) >= 11 is 0. The van der Waals surface area contributed by atoms with E-state index in [0.29, 0.717) is 18.7 Å². The van der Waals surface area contributed by atoms with E-state index in [1.54, 1.807) is 18.7 Å². The number of pyridine rings is 1. The van der Waals surface area contributed by atoms with Crippen molar-refractivity contribution < 1.29 is 9.59 Å². The summed E-state index contributed by atoms with van der Waals surface area (Å²) < 4.78 is 0. The first-order valence-corrected chi connectivity index (χ1v) is 8.25. The van der Waals surface area contributed by atoms with Crippen LogP contribution in [0.1, 0.15) is 27.2 Å². The molecular formula is C19H21N3O3. The number of carbonyl (C=O) groups is 2. The second-order valence-corrected chi connectivity index (χ2v) is 6.31. The van der Waals surface area contributed by atoms with E-state index in [1.165, 1.54) is 4.90 Å². The molecule has 2 amide bonds. The van der Waals surface area contributed by atoms with Crippen molar-refractivity contribution in [2.24, 2.45) is 0 Å². The lowest BCUT2D eigenvalue weighted by Gasteiger charge is -2.34. The highest BCUT2D eigenvalue weighted by Gasteiger charge is 2.30. The molecule has 6 nitrogen and oxygen atoms in total. The van der Waals surface area contributed by atoms with Crippen LogP contribution >= 0.6 is 0 Å². The summed E-state index contributed by atoms with van der Waals surface area (Å²) in [5.74, 6) is -0.536. The van der Waals surface area contributed by atoms with Crippen LogP contribution in [-0.2, 0) is 4.79 Å². The first kappa shape index (κ1) is 17.0. The molecule has 0 saturated carbocycles. The highest BCUT2D eigenvalue weighted by atomic mass is 16.2. The van der Waals surface area contributed by atoms with Crippen molar-refractivity contribution in [3.05, 3.63) is 63.1 Å². The Morgan fingerprint density at radius 2 is 1.68 bits per heavy atom. The van der Waals surface area contributed by atoms with Gasteiger partial charge in [-0.2, -0.15) is 0 Å². The Labute approximate surface area is 146 Å². The Morgan fingerprint density at radius 1 is 1.00 bits per heavy atom. The van der Waals surface area contributed by atoms with Crippen molar-refractivity contribution in [3.8, 4) is 0 Å². The van der Waals surface area contributed by atoms with E-state index in [4.69, 9.17) is 0 Å². The van der Waals surface area contributed by atoms with Crippen molar-refractivity contribution in [2.45, 2.75) is 20.8 Å². The average molecular weight is 339 g/mol. The third kappa shape index (κ3) is 3.07. The van der Waals surface area contributed by atoms with Gasteiger partial charge in [0.15, 0.2) is 0 Å². The lowest BCUT2D eigenvalue weighted by molar-refractivity contribution is -0.120. The smallest absolute Gasteiger partial charge is 0.261 e. The molecule has 1 aromatic heterocycles. The molecule has 0 radical (unpaired) electrons. The summed E-state index contributed by atoms with van der Waals surface area (Å²) in [4.78, 5) is 43.4. The third-order valence-corrected chi connectivity index (χ3v) is 4.82. The van der Waals surface area contributed by atoms with E-state index in [9.17, 15) is 14.4 Å². The number of carbonyl (C=O) groups excluding carboxylic acids is 2. The zero-order valence-electron chi connectivity index (χ0n) is 14.6. The minimum atomic E-state index is -0.400. The fourth-order valence-corrected chi connectivity index (χ4v) is 3.11. The van der Waals surface area contributed by atoms with Crippen LogP contribution in [0.3, 0.4) is 0 Å². The summed E-state index contributed by atoms with van der Waals surface area (Å²) in [5, 5.41) is 0. The second kappa shape index (κ2) is 6.55. The molecule has 3 rings (SSSR count). The van der Waals surface area contributed by atoms with Gasteiger partial charge in [0.1, 0.15) is 12.1 Å². The Balaban J connectivity index is 1.84. The van der Waals surface area contributed by atoms with Crippen LogP contribution in [0.2, 0.25) is 0 Å². The van der Waals surface area contributed by atoms with Gasteiger partial charge in [0.2, 0.25) is 5.91 Å². The minimum Gasteiger partial charge on any atom is -0.327 e. The summed E-state index contributed by atoms with van der Waals surface area (Å²) in [7, 11) is 0. The van der Waals surface area contributed by atoms with Crippen LogP contribution in [0.5, 0.6) is 0 Å². The molecule has 0 unspecified atom stereocenters. The van der Waals surface area contributed by atoms with E-state index in [2.05, 4.69) is 4.98 Å². The van der Waals surface area contributed by atoms with E-state index >= 15 is 0 Å². The fourth-order valence-electron chi connectivity index (χ4n) is 3.11. The van der Waals surface area contributed by atoms with E-state index in [0.717, 1.165) is 16.9 Å². The SMILES string of the molecule is Cc1[nH]c(=O)c(C(=O)N2CCN(c3ccccc3)C(=O)C2)c(C)c1C. The number of benzene rings is 1. The number of aryl methyl sites for hydroxylation is 1. The van der Waals surface area contributed by atoms with Gasteiger partial charge in [0.05, 0.1) is 0 Å². The van der Waals surface area contributed by atoms with Crippen LogP contribution < -0.4 is 10.5 Å². The van der Waals surface area contributed by atoms with Crippen molar-refractivity contribution in [2.75, 3.05) is 24.5 Å². The fraction of sp³-hybridized carbons (Fsp3) is 0.316. The number of H-pyrrole nitrogens is 1. The molecule has 0 bridgehead atoms. The van der Waals surface area contributed by atoms with Gasteiger partial charge in [0, 0.05) is 24.5 Å². The molecule has 1 aliphatic heterocycles. The van der Waals surface area contributed by atoms with Crippen LogP contribution in [0.4, 0.5) is 5.69 Å². The van der Waals surface area contributed by atoms with Gasteiger partial charge in [-0.1, -0.05) is 18.2 Å². The zero-order valence-corrected chi connectivity index (χ0v) is 14.6. The number of anilines is 1. The molecule has 2 aromatic rings. The van der Waals surface area contributed by atoms with Crippen LogP contribution in [0.25, 0.3) is 0 Å². The number of hydrogen-bond donors (Lipinski definition) is 1. The standard InChI is InChI=1S/C19H21N3O3/c1-12-13(2)17(18(24)20-14(12)3)19(25)21-9-10-22(16(23)11-21)15-7-5-4-6-8-15/h4-8H,9-11H2,1-3H3,(H,20,24). The quantitative estimate of drug-likeness (QED) is 0.906. The monoisotopic (exact) mass is 339 g/mol. The molecule has 2 heterocycles. The number of hydrogen-bond acceptors (Lipinski definition) is 3. The molecule has 1 aliphatic rings. The number of piperazine rings is 1. The van der Waals surface area contributed by atoms with Gasteiger partial charge < -0.3 is 14.8 Å². The summed E-state index contributed by atoms with van der Waals surface area (Å²) in [6, 6.07) is 9.37. The third-order valence-electron chi connectivity index (χ3n) is 4.82. The van der Waals surface area contributed by atoms with Gasteiger partial charge in [-0.05, 0) is 44.0 Å². The van der Waals surface area contributed by atoms with Gasteiger partial charge in [-0.25, -0.2) is 0 Å². The van der Waals surface area contributed by atoms with Gasteiger partial charge in [-0.3, -0.25) is 14.4 Å². The van der Waals surface area contributed by atoms with Crippen molar-refractivity contribution in [3.63, 3.8) is 0 Å². The van der Waals surface area contributed by atoms with E-state index < -0.39 is 5.56 Å². The average Bonchev–Trinajstić information content (AvgIpc) is 2.60. The zero-order chi connectivity index (χ0) is 18.1. The number of rotatable bonds is 2. The Bertz CT molecular complexity index is 887. The predicted octanol–water partition coefficient (Wildman–Crippen LogP) is 1.79. The highest BCUT2D eigenvalue weighted by molar-refractivity contribution is 6.02. The molecule has 0 spiro atoms. The molecule has 1 fully saturated rings. The lowest BCUT2D eigenvalue weighted by Crippen LogP contribution is -2.53. The molecule has 130 valence electrons. The van der Waals surface area contributed by atoms with E-state index in [-0.39, 0.29) is 23.9 Å². The summed E-state index contributed by atoms with van der Waals surface area (Å²) in [5.41, 5.74) is 2.86. The molecule has 6 heteroatoms.